The van der Waals surface area contributed by atoms with Crippen molar-refractivity contribution < 1.29 is 4.74 Å². The first kappa shape index (κ1) is 8.81. The number of nitrogens with two attached hydrogens (primary N) is 1. The SMILES string of the molecule is COc1nc(C2CC2)c(Br)cc1N. The molecular weight excluding hydrogens is 232 g/mol. The molecule has 0 spiro atoms. The lowest BCUT2D eigenvalue weighted by Crippen LogP contribution is -1.99. The molecule has 2 rings (SSSR count). The third kappa shape index (κ3) is 1.63. The van der Waals surface area contributed by atoms with Crippen molar-refractivity contribution in [1.29, 1.82) is 0 Å². The number of anilines is 1. The molecule has 0 amide bonds. The van der Waals surface area contributed by atoms with Gasteiger partial charge in [-0.15, -0.1) is 0 Å². The van der Waals surface area contributed by atoms with E-state index in [1.54, 1.807) is 7.11 Å². The van der Waals surface area contributed by atoms with Crippen LogP contribution in [0.5, 0.6) is 5.88 Å². The third-order valence-electron chi connectivity index (χ3n) is 2.15. The maximum Gasteiger partial charge on any atom is 0.237 e. The van der Waals surface area contributed by atoms with Gasteiger partial charge in [-0.05, 0) is 34.8 Å². The molecule has 1 aliphatic carbocycles. The first-order chi connectivity index (χ1) is 6.22. The van der Waals surface area contributed by atoms with Crippen LogP contribution >= 0.6 is 15.9 Å². The van der Waals surface area contributed by atoms with Crippen molar-refractivity contribution in [3.63, 3.8) is 0 Å². The number of halogens is 1. The molecule has 70 valence electrons. The topological polar surface area (TPSA) is 48.1 Å². The summed E-state index contributed by atoms with van der Waals surface area (Å²) in [5.41, 5.74) is 7.36. The number of pyridine rings is 1. The predicted octanol–water partition coefficient (Wildman–Crippen LogP) is 2.31. The Hall–Kier alpha value is -0.770. The number of nitrogen functional groups attached to an aromatic ring is 1. The monoisotopic (exact) mass is 242 g/mol. The Morgan fingerprint density at radius 1 is 1.62 bits per heavy atom. The van der Waals surface area contributed by atoms with E-state index in [-0.39, 0.29) is 0 Å². The van der Waals surface area contributed by atoms with Gasteiger partial charge in [-0.2, -0.15) is 0 Å². The van der Waals surface area contributed by atoms with Gasteiger partial charge in [-0.1, -0.05) is 0 Å². The van der Waals surface area contributed by atoms with Gasteiger partial charge < -0.3 is 10.5 Å². The molecule has 1 aliphatic rings. The van der Waals surface area contributed by atoms with E-state index < -0.39 is 0 Å². The molecule has 0 saturated heterocycles. The normalized spacial score (nSPS) is 15.8. The average Bonchev–Trinajstić information content (AvgIpc) is 2.88. The van der Waals surface area contributed by atoms with Crippen LogP contribution in [0.25, 0.3) is 0 Å². The molecule has 0 unspecified atom stereocenters. The Kier molecular flexibility index (Phi) is 2.15. The molecule has 0 bridgehead atoms. The summed E-state index contributed by atoms with van der Waals surface area (Å²) < 4.78 is 6.06. The third-order valence-corrected chi connectivity index (χ3v) is 2.79. The van der Waals surface area contributed by atoms with Crippen LogP contribution in [0.15, 0.2) is 10.5 Å². The summed E-state index contributed by atoms with van der Waals surface area (Å²) in [6.07, 6.45) is 2.44. The number of ether oxygens (including phenoxy) is 1. The highest BCUT2D eigenvalue weighted by Gasteiger charge is 2.28. The van der Waals surface area contributed by atoms with Gasteiger partial charge in [-0.25, -0.2) is 4.98 Å². The highest BCUT2D eigenvalue weighted by Crippen LogP contribution is 2.43. The number of rotatable bonds is 2. The molecule has 3 nitrogen and oxygen atoms in total. The maximum absolute atomic E-state index is 5.70. The van der Waals surface area contributed by atoms with Gasteiger partial charge in [0.25, 0.3) is 0 Å². The lowest BCUT2D eigenvalue weighted by molar-refractivity contribution is 0.398. The largest absolute Gasteiger partial charge is 0.480 e. The van der Waals surface area contributed by atoms with E-state index in [4.69, 9.17) is 10.5 Å². The van der Waals surface area contributed by atoms with E-state index in [0.29, 0.717) is 17.5 Å². The van der Waals surface area contributed by atoms with E-state index in [1.807, 2.05) is 6.07 Å². The van der Waals surface area contributed by atoms with E-state index in [0.717, 1.165) is 10.2 Å². The fraction of sp³-hybridized carbons (Fsp3) is 0.444. The van der Waals surface area contributed by atoms with Crippen molar-refractivity contribution in [1.82, 2.24) is 4.98 Å². The highest BCUT2D eigenvalue weighted by molar-refractivity contribution is 9.10. The standard InChI is InChI=1S/C9H11BrN2O/c1-13-9-7(11)4-6(10)8(12-9)5-2-3-5/h4-5H,2-3,11H2,1H3. The quantitative estimate of drug-likeness (QED) is 0.866. The number of hydrogen-bond acceptors (Lipinski definition) is 3. The second kappa shape index (κ2) is 3.18. The van der Waals surface area contributed by atoms with Crippen LogP contribution in [0.3, 0.4) is 0 Å². The van der Waals surface area contributed by atoms with Crippen LogP contribution in [0.1, 0.15) is 24.5 Å². The summed E-state index contributed by atoms with van der Waals surface area (Å²) >= 11 is 3.45. The molecule has 0 radical (unpaired) electrons. The second-order valence-electron chi connectivity index (χ2n) is 3.23. The molecular formula is C9H11BrN2O. The Morgan fingerprint density at radius 2 is 2.31 bits per heavy atom. The molecule has 0 aromatic carbocycles. The summed E-state index contributed by atoms with van der Waals surface area (Å²) in [4.78, 5) is 4.36. The molecule has 1 aromatic heterocycles. The van der Waals surface area contributed by atoms with E-state index in [9.17, 15) is 0 Å². The van der Waals surface area contributed by atoms with Gasteiger partial charge in [0.1, 0.15) is 0 Å². The summed E-state index contributed by atoms with van der Waals surface area (Å²) in [6, 6.07) is 1.86. The zero-order valence-electron chi connectivity index (χ0n) is 7.38. The summed E-state index contributed by atoms with van der Waals surface area (Å²) in [6.45, 7) is 0. The molecule has 4 heteroatoms. The summed E-state index contributed by atoms with van der Waals surface area (Å²) in [5, 5.41) is 0. The molecule has 0 aliphatic heterocycles. The van der Waals surface area contributed by atoms with Crippen LogP contribution in [0.2, 0.25) is 0 Å². The van der Waals surface area contributed by atoms with Crippen LogP contribution < -0.4 is 10.5 Å². The summed E-state index contributed by atoms with van der Waals surface area (Å²) in [5.74, 6) is 1.13. The van der Waals surface area contributed by atoms with Gasteiger partial charge >= 0.3 is 0 Å². The first-order valence-corrected chi connectivity index (χ1v) is 5.01. The predicted molar refractivity (Wildman–Crippen MR) is 54.9 cm³/mol. The number of nitrogens with zero attached hydrogens (tertiary/aromatic N) is 1. The smallest absolute Gasteiger partial charge is 0.237 e. The first-order valence-electron chi connectivity index (χ1n) is 4.22. The Bertz CT molecular complexity index is 337. The van der Waals surface area contributed by atoms with E-state index in [2.05, 4.69) is 20.9 Å². The van der Waals surface area contributed by atoms with Gasteiger partial charge in [0.05, 0.1) is 18.5 Å². The van der Waals surface area contributed by atoms with Gasteiger partial charge in [-0.3, -0.25) is 0 Å². The molecule has 0 atom stereocenters. The minimum atomic E-state index is 0.533. The molecule has 1 saturated carbocycles. The Balaban J connectivity index is 2.44. The minimum absolute atomic E-state index is 0.533. The Labute approximate surface area is 85.4 Å². The summed E-state index contributed by atoms with van der Waals surface area (Å²) in [7, 11) is 1.59. The average molecular weight is 243 g/mol. The number of aromatic nitrogens is 1. The molecule has 1 aromatic rings. The molecule has 13 heavy (non-hydrogen) atoms. The Morgan fingerprint density at radius 3 is 2.85 bits per heavy atom. The minimum Gasteiger partial charge on any atom is -0.480 e. The number of hydrogen-bond donors (Lipinski definition) is 1. The van der Waals surface area contributed by atoms with Gasteiger partial charge in [0.2, 0.25) is 5.88 Å². The van der Waals surface area contributed by atoms with E-state index >= 15 is 0 Å². The zero-order chi connectivity index (χ0) is 9.42. The van der Waals surface area contributed by atoms with Crippen LogP contribution in [0.4, 0.5) is 5.69 Å². The fourth-order valence-corrected chi connectivity index (χ4v) is 1.97. The molecule has 1 heterocycles. The lowest BCUT2D eigenvalue weighted by atomic mass is 10.2. The van der Waals surface area contributed by atoms with Crippen molar-refractivity contribution in [3.8, 4) is 5.88 Å². The van der Waals surface area contributed by atoms with Gasteiger partial charge in [0, 0.05) is 10.4 Å². The molecule has 2 N–H and O–H groups in total. The maximum atomic E-state index is 5.70. The van der Waals surface area contributed by atoms with Crippen molar-refractivity contribution in [3.05, 3.63) is 16.2 Å². The zero-order valence-corrected chi connectivity index (χ0v) is 8.97. The van der Waals surface area contributed by atoms with Crippen molar-refractivity contribution in [2.24, 2.45) is 0 Å². The van der Waals surface area contributed by atoms with Gasteiger partial charge in [0.15, 0.2) is 0 Å². The van der Waals surface area contributed by atoms with Crippen molar-refractivity contribution in [2.45, 2.75) is 18.8 Å². The number of methoxy groups -OCH3 is 1. The van der Waals surface area contributed by atoms with Crippen molar-refractivity contribution >= 4 is 21.6 Å². The highest BCUT2D eigenvalue weighted by atomic mass is 79.9. The van der Waals surface area contributed by atoms with Crippen LogP contribution in [-0.4, -0.2) is 12.1 Å². The van der Waals surface area contributed by atoms with Crippen molar-refractivity contribution in [2.75, 3.05) is 12.8 Å². The van der Waals surface area contributed by atoms with Crippen LogP contribution in [0, 0.1) is 0 Å². The molecule has 1 fully saturated rings. The fourth-order valence-electron chi connectivity index (χ4n) is 1.31. The van der Waals surface area contributed by atoms with Crippen LogP contribution in [-0.2, 0) is 0 Å². The second-order valence-corrected chi connectivity index (χ2v) is 4.08. The lowest BCUT2D eigenvalue weighted by Gasteiger charge is -2.07. The van der Waals surface area contributed by atoms with E-state index in [1.165, 1.54) is 12.8 Å².